The Morgan fingerprint density at radius 2 is 2.00 bits per heavy atom. The Labute approximate surface area is 129 Å². The number of rotatable bonds is 5. The predicted molar refractivity (Wildman–Crippen MR) is 71.1 cm³/mol. The molecule has 0 unspecified atom stereocenters. The molecule has 0 bridgehead atoms. The first kappa shape index (κ1) is 17.0. The molecule has 1 aliphatic rings. The van der Waals surface area contributed by atoms with E-state index >= 15 is 0 Å². The van der Waals surface area contributed by atoms with Crippen molar-refractivity contribution >= 4 is 11.8 Å². The second-order valence-corrected chi connectivity index (χ2v) is 5.01. The van der Waals surface area contributed by atoms with Gasteiger partial charge in [-0.3, -0.25) is 9.59 Å². The minimum atomic E-state index is -3.23. The number of alkyl halides is 2. The third-order valence-electron chi connectivity index (χ3n) is 3.30. The van der Waals surface area contributed by atoms with Crippen molar-refractivity contribution in [1.29, 1.82) is 0 Å². The van der Waals surface area contributed by atoms with Crippen molar-refractivity contribution in [2.24, 2.45) is 0 Å². The summed E-state index contributed by atoms with van der Waals surface area (Å²) in [5.74, 6) is -4.53. The van der Waals surface area contributed by atoms with Crippen molar-refractivity contribution < 1.29 is 31.9 Å². The van der Waals surface area contributed by atoms with Crippen LogP contribution in [-0.2, 0) is 4.79 Å². The van der Waals surface area contributed by atoms with Gasteiger partial charge in [-0.1, -0.05) is 0 Å². The summed E-state index contributed by atoms with van der Waals surface area (Å²) in [7, 11) is 0. The molecule has 1 atom stereocenters. The van der Waals surface area contributed by atoms with Crippen LogP contribution in [0.2, 0.25) is 0 Å². The van der Waals surface area contributed by atoms with E-state index in [1.165, 1.54) is 0 Å². The summed E-state index contributed by atoms with van der Waals surface area (Å²) in [5.41, 5.74) is -0.895. The zero-order valence-electron chi connectivity index (χ0n) is 11.9. The summed E-state index contributed by atoms with van der Waals surface area (Å²) in [6.45, 7) is -3.22. The lowest BCUT2D eigenvalue weighted by Crippen LogP contribution is -2.46. The Morgan fingerprint density at radius 3 is 2.57 bits per heavy atom. The monoisotopic (exact) mass is 334 g/mol. The quantitative estimate of drug-likeness (QED) is 0.809. The lowest BCUT2D eigenvalue weighted by atomic mass is 10.0. The first-order chi connectivity index (χ1) is 10.9. The molecule has 5 nitrogen and oxygen atoms in total. The number of amides is 2. The maximum atomic E-state index is 13.7. The molecule has 1 aliphatic heterocycles. The van der Waals surface area contributed by atoms with Gasteiger partial charge < -0.3 is 15.4 Å². The van der Waals surface area contributed by atoms with Crippen molar-refractivity contribution in [2.45, 2.75) is 31.9 Å². The fourth-order valence-electron chi connectivity index (χ4n) is 2.28. The second kappa shape index (κ2) is 7.30. The van der Waals surface area contributed by atoms with Gasteiger partial charge in [0.1, 0.15) is 22.9 Å². The van der Waals surface area contributed by atoms with Crippen LogP contribution in [0.3, 0.4) is 0 Å². The number of carbonyl (C=O) groups excluding carboxylic acids is 2. The number of piperidine rings is 1. The van der Waals surface area contributed by atoms with Crippen LogP contribution in [0.1, 0.15) is 29.6 Å². The van der Waals surface area contributed by atoms with Gasteiger partial charge in [-0.2, -0.15) is 8.78 Å². The van der Waals surface area contributed by atoms with E-state index < -0.39 is 35.5 Å². The number of hydrogen-bond acceptors (Lipinski definition) is 3. The number of carbonyl (C=O) groups is 2. The summed E-state index contributed by atoms with van der Waals surface area (Å²) in [5, 5.41) is 4.95. The van der Waals surface area contributed by atoms with Gasteiger partial charge in [-0.15, -0.1) is 0 Å². The van der Waals surface area contributed by atoms with Crippen LogP contribution in [-0.4, -0.2) is 31.0 Å². The topological polar surface area (TPSA) is 67.4 Å². The zero-order chi connectivity index (χ0) is 17.0. The molecule has 0 radical (unpaired) electrons. The van der Waals surface area contributed by atoms with E-state index in [2.05, 4.69) is 15.4 Å². The van der Waals surface area contributed by atoms with Crippen molar-refractivity contribution in [3.63, 3.8) is 0 Å². The van der Waals surface area contributed by atoms with Crippen LogP contribution in [0.25, 0.3) is 0 Å². The van der Waals surface area contributed by atoms with Crippen molar-refractivity contribution in [3.8, 4) is 5.75 Å². The molecule has 2 N–H and O–H groups in total. The molecular formula is C14H14F4N2O3. The van der Waals surface area contributed by atoms with Crippen molar-refractivity contribution in [2.75, 3.05) is 6.54 Å². The molecule has 0 spiro atoms. The predicted octanol–water partition coefficient (Wildman–Crippen LogP) is 1.96. The number of ether oxygens (including phenoxy) is 1. The van der Waals surface area contributed by atoms with E-state index in [1.807, 2.05) is 0 Å². The van der Waals surface area contributed by atoms with Crippen molar-refractivity contribution in [1.82, 2.24) is 10.6 Å². The maximum Gasteiger partial charge on any atom is 0.387 e. The summed E-state index contributed by atoms with van der Waals surface area (Å²) < 4.78 is 55.4. The molecule has 2 rings (SSSR count). The van der Waals surface area contributed by atoms with Gasteiger partial charge in [0.05, 0.1) is 0 Å². The molecule has 1 aromatic rings. The third kappa shape index (κ3) is 4.57. The van der Waals surface area contributed by atoms with E-state index in [4.69, 9.17) is 0 Å². The number of hydrogen-bond donors (Lipinski definition) is 2. The van der Waals surface area contributed by atoms with Crippen molar-refractivity contribution in [3.05, 3.63) is 29.3 Å². The molecule has 1 heterocycles. The van der Waals surface area contributed by atoms with Crippen LogP contribution in [0.4, 0.5) is 17.6 Å². The summed E-state index contributed by atoms with van der Waals surface area (Å²) in [6, 6.07) is 0.701. The van der Waals surface area contributed by atoms with Crippen LogP contribution < -0.4 is 15.4 Å². The Kier molecular flexibility index (Phi) is 5.41. The summed E-state index contributed by atoms with van der Waals surface area (Å²) in [6.07, 6.45) is 1.70. The van der Waals surface area contributed by atoms with E-state index in [1.54, 1.807) is 0 Å². The van der Waals surface area contributed by atoms with Gasteiger partial charge in [-0.25, -0.2) is 8.78 Å². The molecule has 0 aromatic heterocycles. The minimum Gasteiger partial charge on any atom is -0.435 e. The Balaban J connectivity index is 2.02. The summed E-state index contributed by atoms with van der Waals surface area (Å²) >= 11 is 0. The van der Waals surface area contributed by atoms with E-state index in [-0.39, 0.29) is 18.5 Å². The molecule has 2 amide bonds. The molecular weight excluding hydrogens is 320 g/mol. The highest BCUT2D eigenvalue weighted by atomic mass is 19.3. The number of benzene rings is 1. The standard InChI is InChI=1S/C14H14F4N2O3/c15-9-4-8(23-14(17)18)5-10(16)12(9)13(22)19-6-7-2-1-3-11(21)20-7/h4-5,7,14H,1-3,6H2,(H,19,22)(H,20,21)/t7-/m1/s1. The first-order valence-corrected chi connectivity index (χ1v) is 6.88. The van der Waals surface area contributed by atoms with Gasteiger partial charge in [-0.05, 0) is 12.8 Å². The highest BCUT2D eigenvalue weighted by Gasteiger charge is 2.23. The summed E-state index contributed by atoms with van der Waals surface area (Å²) in [4.78, 5) is 23.1. The first-order valence-electron chi connectivity index (χ1n) is 6.88. The Hall–Kier alpha value is -2.32. The van der Waals surface area contributed by atoms with Gasteiger partial charge >= 0.3 is 6.61 Å². The number of halogens is 4. The fraction of sp³-hybridized carbons (Fsp3) is 0.429. The second-order valence-electron chi connectivity index (χ2n) is 5.01. The molecule has 1 saturated heterocycles. The van der Waals surface area contributed by atoms with Gasteiger partial charge in [0, 0.05) is 31.1 Å². The lowest BCUT2D eigenvalue weighted by molar-refractivity contribution is -0.123. The zero-order valence-corrected chi connectivity index (χ0v) is 11.9. The molecule has 9 heteroatoms. The molecule has 0 aliphatic carbocycles. The largest absolute Gasteiger partial charge is 0.435 e. The van der Waals surface area contributed by atoms with E-state index in [0.717, 1.165) is 0 Å². The molecule has 126 valence electrons. The van der Waals surface area contributed by atoms with Gasteiger partial charge in [0.2, 0.25) is 5.91 Å². The Bertz CT molecular complexity index is 587. The maximum absolute atomic E-state index is 13.7. The van der Waals surface area contributed by atoms with Crippen LogP contribution in [0.5, 0.6) is 5.75 Å². The van der Waals surface area contributed by atoms with Crippen LogP contribution >= 0.6 is 0 Å². The average molecular weight is 334 g/mol. The molecule has 1 aromatic carbocycles. The van der Waals surface area contributed by atoms with E-state index in [9.17, 15) is 27.2 Å². The van der Waals surface area contributed by atoms with Gasteiger partial charge in [0.25, 0.3) is 5.91 Å². The molecule has 0 saturated carbocycles. The van der Waals surface area contributed by atoms with Gasteiger partial charge in [0.15, 0.2) is 0 Å². The molecule has 1 fully saturated rings. The molecule has 23 heavy (non-hydrogen) atoms. The average Bonchev–Trinajstić information content (AvgIpc) is 2.43. The normalized spacial score (nSPS) is 17.8. The number of nitrogens with one attached hydrogen (secondary N) is 2. The highest BCUT2D eigenvalue weighted by molar-refractivity contribution is 5.95. The Morgan fingerprint density at radius 1 is 1.35 bits per heavy atom. The highest BCUT2D eigenvalue weighted by Crippen LogP contribution is 2.22. The SMILES string of the molecule is O=C1CCC[C@H](CNC(=O)c2c(F)cc(OC(F)F)cc2F)N1. The smallest absolute Gasteiger partial charge is 0.387 e. The van der Waals surface area contributed by atoms with E-state index in [0.29, 0.717) is 31.4 Å². The van der Waals surface area contributed by atoms with Crippen LogP contribution in [0.15, 0.2) is 12.1 Å². The fourth-order valence-corrected chi connectivity index (χ4v) is 2.28. The van der Waals surface area contributed by atoms with Crippen LogP contribution in [0, 0.1) is 11.6 Å². The lowest BCUT2D eigenvalue weighted by Gasteiger charge is -2.23. The minimum absolute atomic E-state index is 0.0126. The third-order valence-corrected chi connectivity index (χ3v) is 3.30.